The minimum Gasteiger partial charge on any atom is -0.473 e. The molecule has 1 aliphatic carbocycles. The van der Waals surface area contributed by atoms with Crippen LogP contribution in [0.25, 0.3) is 5.69 Å². The number of methoxy groups -OCH3 is 1. The fraction of sp³-hybridized carbons (Fsp3) is 0.429. The summed E-state index contributed by atoms with van der Waals surface area (Å²) in [6, 6.07) is 15.7. The largest absolute Gasteiger partial charge is 0.473 e. The van der Waals surface area contributed by atoms with E-state index in [0.29, 0.717) is 30.4 Å². The second-order valence-electron chi connectivity index (χ2n) is 10.1. The van der Waals surface area contributed by atoms with Crippen molar-refractivity contribution in [3.05, 3.63) is 70.8 Å². The minimum atomic E-state index is -0.294. The van der Waals surface area contributed by atoms with E-state index in [-0.39, 0.29) is 12.1 Å². The van der Waals surface area contributed by atoms with E-state index in [1.54, 1.807) is 11.8 Å². The molecule has 1 saturated heterocycles. The molecule has 2 aliphatic rings. The van der Waals surface area contributed by atoms with Crippen molar-refractivity contribution in [1.82, 2.24) is 20.0 Å². The Morgan fingerprint density at radius 1 is 1.17 bits per heavy atom. The number of hydrogen-bond acceptors (Lipinski definition) is 5. The fourth-order valence-electron chi connectivity index (χ4n) is 5.19. The first kappa shape index (κ1) is 24.3. The Kier molecular flexibility index (Phi) is 6.73. The monoisotopic (exact) mass is 489 g/mol. The lowest BCUT2D eigenvalue weighted by atomic mass is 9.66. The van der Waals surface area contributed by atoms with Gasteiger partial charge in [0.05, 0.1) is 17.9 Å². The average molecular weight is 490 g/mol. The van der Waals surface area contributed by atoms with Gasteiger partial charge in [-0.1, -0.05) is 36.4 Å². The number of para-hydroxylation sites is 1. The summed E-state index contributed by atoms with van der Waals surface area (Å²) >= 11 is 0. The van der Waals surface area contributed by atoms with Crippen LogP contribution in [0.2, 0.25) is 0 Å². The quantitative estimate of drug-likeness (QED) is 0.484. The summed E-state index contributed by atoms with van der Waals surface area (Å²) in [4.78, 5) is 15.4. The summed E-state index contributed by atoms with van der Waals surface area (Å²) in [5, 5.41) is 10.8. The number of nitrogens with one attached hydrogen (secondary N) is 2. The number of ether oxygens (including phenoxy) is 2. The van der Waals surface area contributed by atoms with Gasteiger partial charge in [0.2, 0.25) is 5.88 Å². The molecule has 0 bridgehead atoms. The predicted octanol–water partition coefficient (Wildman–Crippen LogP) is 4.57. The van der Waals surface area contributed by atoms with Crippen molar-refractivity contribution in [2.24, 2.45) is 0 Å². The number of urea groups is 1. The summed E-state index contributed by atoms with van der Waals surface area (Å²) in [5.74, 6) is 1.17. The predicted molar refractivity (Wildman–Crippen MR) is 140 cm³/mol. The maximum absolute atomic E-state index is 13.0. The molecule has 2 aromatic carbocycles. The van der Waals surface area contributed by atoms with E-state index in [1.807, 2.05) is 56.3 Å². The number of aromatic nitrogens is 2. The van der Waals surface area contributed by atoms with E-state index in [0.717, 1.165) is 47.3 Å². The summed E-state index contributed by atoms with van der Waals surface area (Å²) in [6.07, 6.45) is 3.42. The summed E-state index contributed by atoms with van der Waals surface area (Å²) in [5.41, 5.74) is 5.24. The van der Waals surface area contributed by atoms with Crippen LogP contribution in [-0.2, 0) is 17.9 Å². The van der Waals surface area contributed by atoms with E-state index in [1.165, 1.54) is 6.42 Å². The van der Waals surface area contributed by atoms with Crippen molar-refractivity contribution in [3.8, 4) is 11.6 Å². The lowest BCUT2D eigenvalue weighted by Gasteiger charge is -2.59. The van der Waals surface area contributed by atoms with Gasteiger partial charge in [-0.25, -0.2) is 9.48 Å². The van der Waals surface area contributed by atoms with Crippen molar-refractivity contribution in [3.63, 3.8) is 0 Å². The number of likely N-dealkylation sites (tertiary alicyclic amines) is 1. The Hall–Kier alpha value is -3.36. The maximum Gasteiger partial charge on any atom is 0.320 e. The van der Waals surface area contributed by atoms with Crippen LogP contribution in [0.5, 0.6) is 5.88 Å². The number of benzene rings is 2. The second kappa shape index (κ2) is 9.95. The van der Waals surface area contributed by atoms with E-state index in [4.69, 9.17) is 14.6 Å². The van der Waals surface area contributed by atoms with Crippen LogP contribution in [0.1, 0.15) is 41.5 Å². The number of rotatable bonds is 8. The van der Waals surface area contributed by atoms with Crippen molar-refractivity contribution in [2.75, 3.05) is 26.0 Å². The van der Waals surface area contributed by atoms with Crippen LogP contribution in [0.3, 0.4) is 0 Å². The molecule has 5 rings (SSSR count). The fourth-order valence-corrected chi connectivity index (χ4v) is 5.19. The van der Waals surface area contributed by atoms with Crippen LogP contribution >= 0.6 is 0 Å². The Morgan fingerprint density at radius 2 is 1.94 bits per heavy atom. The van der Waals surface area contributed by atoms with Gasteiger partial charge in [0, 0.05) is 38.6 Å². The van der Waals surface area contributed by atoms with E-state index in [2.05, 4.69) is 28.6 Å². The standard InChI is InChI=1S/C28H35N5O3/c1-19-10-11-21(18-35-4)14-22(19)17-29-27(34)30-25-20(2)26(31-33(25)23-8-6-5-7-9-23)36-24-15-28(16-24)12-13-32(28)3/h5-11,14,24H,12-13,15-18H2,1-4H3,(H2,29,30,34). The summed E-state index contributed by atoms with van der Waals surface area (Å²) in [6.45, 7) is 6.09. The molecule has 8 heteroatoms. The molecule has 0 unspecified atom stereocenters. The Labute approximate surface area is 212 Å². The molecule has 2 N–H and O–H groups in total. The Bertz CT molecular complexity index is 1230. The highest BCUT2D eigenvalue weighted by Gasteiger charge is 2.53. The van der Waals surface area contributed by atoms with Crippen molar-refractivity contribution in [1.29, 1.82) is 0 Å². The normalized spacial score (nSPS) is 21.1. The third-order valence-corrected chi connectivity index (χ3v) is 7.69. The minimum absolute atomic E-state index is 0.148. The number of nitrogens with zero attached hydrogens (tertiary/aromatic N) is 3. The highest BCUT2D eigenvalue weighted by atomic mass is 16.5. The highest BCUT2D eigenvalue weighted by Crippen LogP contribution is 2.47. The van der Waals surface area contributed by atoms with Gasteiger partial charge in [0.1, 0.15) is 11.9 Å². The van der Waals surface area contributed by atoms with Gasteiger partial charge in [0.15, 0.2) is 0 Å². The maximum atomic E-state index is 13.0. The van der Waals surface area contributed by atoms with Crippen LogP contribution in [0.4, 0.5) is 10.6 Å². The van der Waals surface area contributed by atoms with Gasteiger partial charge >= 0.3 is 6.03 Å². The van der Waals surface area contributed by atoms with Gasteiger partial charge in [-0.15, -0.1) is 5.10 Å². The first-order valence-electron chi connectivity index (χ1n) is 12.5. The average Bonchev–Trinajstić information content (AvgIpc) is 3.15. The van der Waals surface area contributed by atoms with Gasteiger partial charge in [-0.2, -0.15) is 0 Å². The first-order chi connectivity index (χ1) is 17.4. The Balaban J connectivity index is 1.31. The van der Waals surface area contributed by atoms with Gasteiger partial charge in [-0.05, 0) is 56.1 Å². The van der Waals surface area contributed by atoms with Gasteiger partial charge in [-0.3, -0.25) is 5.32 Å². The van der Waals surface area contributed by atoms with E-state index < -0.39 is 0 Å². The number of hydrogen-bond donors (Lipinski definition) is 2. The molecule has 1 aromatic heterocycles. The SMILES string of the molecule is COCc1ccc(C)c(CNC(=O)Nc2c(C)c(OC3CC4(CCN4C)C3)nn2-c2ccccc2)c1. The molecule has 8 nitrogen and oxygen atoms in total. The number of carbonyl (C=O) groups is 1. The zero-order valence-electron chi connectivity index (χ0n) is 21.5. The molecule has 36 heavy (non-hydrogen) atoms. The van der Waals surface area contributed by atoms with Gasteiger partial charge < -0.3 is 19.7 Å². The third kappa shape index (κ3) is 4.70. The number of amides is 2. The topological polar surface area (TPSA) is 80.7 Å². The molecule has 2 heterocycles. The van der Waals surface area contributed by atoms with Gasteiger partial charge in [0.25, 0.3) is 0 Å². The van der Waals surface area contributed by atoms with E-state index in [9.17, 15) is 4.79 Å². The molecule has 0 radical (unpaired) electrons. The lowest BCUT2D eigenvalue weighted by Crippen LogP contribution is -2.67. The first-order valence-corrected chi connectivity index (χ1v) is 12.5. The number of aryl methyl sites for hydroxylation is 1. The molecule has 2 amide bonds. The van der Waals surface area contributed by atoms with Crippen LogP contribution in [0.15, 0.2) is 48.5 Å². The second-order valence-corrected chi connectivity index (χ2v) is 10.1. The molecule has 1 saturated carbocycles. The number of carbonyl (C=O) groups excluding carboxylic acids is 1. The molecule has 3 aromatic rings. The molecular weight excluding hydrogens is 454 g/mol. The van der Waals surface area contributed by atoms with Crippen molar-refractivity contribution < 1.29 is 14.3 Å². The summed E-state index contributed by atoms with van der Waals surface area (Å²) in [7, 11) is 3.86. The molecule has 2 fully saturated rings. The van der Waals surface area contributed by atoms with Crippen LogP contribution < -0.4 is 15.4 Å². The Morgan fingerprint density at radius 3 is 2.61 bits per heavy atom. The number of anilines is 1. The molecular formula is C28H35N5O3. The molecule has 1 aliphatic heterocycles. The molecule has 190 valence electrons. The van der Waals surface area contributed by atoms with Crippen molar-refractivity contribution >= 4 is 11.8 Å². The zero-order valence-corrected chi connectivity index (χ0v) is 21.5. The highest BCUT2D eigenvalue weighted by molar-refractivity contribution is 5.89. The molecule has 1 spiro atoms. The van der Waals surface area contributed by atoms with Crippen molar-refractivity contribution in [2.45, 2.75) is 57.9 Å². The third-order valence-electron chi connectivity index (χ3n) is 7.69. The van der Waals surface area contributed by atoms with Crippen LogP contribution in [-0.4, -0.2) is 53.1 Å². The summed E-state index contributed by atoms with van der Waals surface area (Å²) < 4.78 is 13.3. The molecule has 0 atom stereocenters. The smallest absolute Gasteiger partial charge is 0.320 e. The van der Waals surface area contributed by atoms with E-state index >= 15 is 0 Å². The lowest BCUT2D eigenvalue weighted by molar-refractivity contribution is -0.114. The van der Waals surface area contributed by atoms with Crippen LogP contribution in [0, 0.1) is 13.8 Å². The zero-order chi connectivity index (χ0) is 25.3.